The number of para-hydroxylation sites is 4. The van der Waals surface area contributed by atoms with Crippen molar-refractivity contribution in [2.24, 2.45) is 0 Å². The van der Waals surface area contributed by atoms with Gasteiger partial charge in [0, 0.05) is 28.9 Å². The van der Waals surface area contributed by atoms with Crippen molar-refractivity contribution in [3.63, 3.8) is 0 Å². The van der Waals surface area contributed by atoms with Crippen LogP contribution in [-0.2, 0) is 0 Å². The number of hydrogen-bond donors (Lipinski definition) is 0. The highest BCUT2D eigenvalue weighted by Gasteiger charge is 2.16. The summed E-state index contributed by atoms with van der Waals surface area (Å²) in [5.41, 5.74) is 8.30. The van der Waals surface area contributed by atoms with Gasteiger partial charge in [0.2, 0.25) is 5.91 Å². The number of carbonyl (C=O) groups is 1. The zero-order valence-corrected chi connectivity index (χ0v) is 20.3. The molecule has 0 unspecified atom stereocenters. The first kappa shape index (κ1) is 21.3. The van der Waals surface area contributed by atoms with E-state index >= 15 is 0 Å². The SMILES string of the molecule is CC(=O)n1c2ccccc2c2cc(-c3ccc(-c4nc5ccccc5n4-c4ccccc4)cc3)ccc21. The highest BCUT2D eigenvalue weighted by Crippen LogP contribution is 2.34. The number of rotatable bonds is 3. The largest absolute Gasteiger partial charge is 0.292 e. The number of aromatic nitrogens is 3. The van der Waals surface area contributed by atoms with E-state index in [9.17, 15) is 4.79 Å². The summed E-state index contributed by atoms with van der Waals surface area (Å²) in [5, 5.41) is 2.17. The number of nitrogens with zero attached hydrogens (tertiary/aromatic N) is 3. The quantitative estimate of drug-likeness (QED) is 0.258. The summed E-state index contributed by atoms with van der Waals surface area (Å²) in [6, 6.07) is 41.6. The highest BCUT2D eigenvalue weighted by molar-refractivity contribution is 6.14. The van der Waals surface area contributed by atoms with Crippen LogP contribution < -0.4 is 0 Å². The monoisotopic (exact) mass is 477 g/mol. The Labute approximate surface area is 214 Å². The van der Waals surface area contributed by atoms with Gasteiger partial charge >= 0.3 is 0 Å². The number of fused-ring (bicyclic) bond motifs is 4. The molecular weight excluding hydrogens is 454 g/mol. The van der Waals surface area contributed by atoms with Crippen molar-refractivity contribution in [1.82, 2.24) is 14.1 Å². The highest BCUT2D eigenvalue weighted by atomic mass is 16.1. The molecule has 2 heterocycles. The van der Waals surface area contributed by atoms with Gasteiger partial charge in [-0.25, -0.2) is 4.98 Å². The molecule has 0 atom stereocenters. The van der Waals surface area contributed by atoms with Gasteiger partial charge in [0.15, 0.2) is 0 Å². The normalized spacial score (nSPS) is 11.5. The molecule has 0 fully saturated rings. The number of benzene rings is 5. The molecule has 7 rings (SSSR count). The molecule has 176 valence electrons. The van der Waals surface area contributed by atoms with Gasteiger partial charge in [-0.2, -0.15) is 0 Å². The van der Waals surface area contributed by atoms with E-state index < -0.39 is 0 Å². The van der Waals surface area contributed by atoms with Crippen LogP contribution in [0.3, 0.4) is 0 Å². The smallest absolute Gasteiger partial charge is 0.228 e. The van der Waals surface area contributed by atoms with Gasteiger partial charge in [-0.3, -0.25) is 13.9 Å². The van der Waals surface area contributed by atoms with E-state index in [4.69, 9.17) is 4.98 Å². The van der Waals surface area contributed by atoms with Crippen molar-refractivity contribution < 1.29 is 4.79 Å². The van der Waals surface area contributed by atoms with E-state index in [0.29, 0.717) is 0 Å². The van der Waals surface area contributed by atoms with E-state index in [1.165, 1.54) is 0 Å². The first-order valence-corrected chi connectivity index (χ1v) is 12.4. The van der Waals surface area contributed by atoms with Crippen molar-refractivity contribution in [2.45, 2.75) is 6.92 Å². The van der Waals surface area contributed by atoms with Gasteiger partial charge in [-0.05, 0) is 53.6 Å². The Morgan fingerprint density at radius 2 is 1.22 bits per heavy atom. The lowest BCUT2D eigenvalue weighted by atomic mass is 10.0. The molecule has 0 saturated carbocycles. The number of carbonyl (C=O) groups excluding carboxylic acids is 1. The van der Waals surface area contributed by atoms with Crippen molar-refractivity contribution >= 4 is 38.7 Å². The second-order valence-electron chi connectivity index (χ2n) is 9.28. The van der Waals surface area contributed by atoms with Crippen molar-refractivity contribution in [3.05, 3.63) is 121 Å². The first-order valence-electron chi connectivity index (χ1n) is 12.4. The average molecular weight is 478 g/mol. The van der Waals surface area contributed by atoms with Crippen LogP contribution in [0.5, 0.6) is 0 Å². The molecule has 0 saturated heterocycles. The van der Waals surface area contributed by atoms with Gasteiger partial charge in [0.1, 0.15) is 5.82 Å². The van der Waals surface area contributed by atoms with Crippen LogP contribution in [0.1, 0.15) is 11.7 Å². The van der Waals surface area contributed by atoms with Crippen LogP contribution >= 0.6 is 0 Å². The Kier molecular flexibility index (Phi) is 4.79. The Morgan fingerprint density at radius 3 is 2.00 bits per heavy atom. The lowest BCUT2D eigenvalue weighted by molar-refractivity contribution is 0.0946. The zero-order valence-electron chi connectivity index (χ0n) is 20.3. The molecule has 7 aromatic rings. The molecule has 0 spiro atoms. The molecule has 4 heteroatoms. The maximum Gasteiger partial charge on any atom is 0.228 e. The van der Waals surface area contributed by atoms with Gasteiger partial charge in [-0.1, -0.05) is 78.9 Å². The molecule has 5 aromatic carbocycles. The van der Waals surface area contributed by atoms with Crippen molar-refractivity contribution in [1.29, 1.82) is 0 Å². The van der Waals surface area contributed by atoms with Crippen LogP contribution in [0.25, 0.3) is 61.0 Å². The first-order chi connectivity index (χ1) is 18.2. The van der Waals surface area contributed by atoms with Crippen molar-refractivity contribution in [2.75, 3.05) is 0 Å². The lowest BCUT2D eigenvalue weighted by Crippen LogP contribution is -2.04. The molecule has 0 amide bonds. The average Bonchev–Trinajstić information content (AvgIpc) is 3.50. The summed E-state index contributed by atoms with van der Waals surface area (Å²) in [5.74, 6) is 0.934. The fraction of sp³-hybridized carbons (Fsp3) is 0.0303. The van der Waals surface area contributed by atoms with Gasteiger partial charge < -0.3 is 0 Å². The van der Waals surface area contributed by atoms with Gasteiger partial charge in [0.25, 0.3) is 0 Å². The maximum absolute atomic E-state index is 12.4. The Hall–Kier alpha value is -4.96. The molecule has 0 aliphatic rings. The zero-order chi connectivity index (χ0) is 24.9. The van der Waals surface area contributed by atoms with Gasteiger partial charge in [0.05, 0.1) is 22.1 Å². The summed E-state index contributed by atoms with van der Waals surface area (Å²) in [7, 11) is 0. The third-order valence-corrected chi connectivity index (χ3v) is 7.04. The fourth-order valence-electron chi connectivity index (χ4n) is 5.36. The summed E-state index contributed by atoms with van der Waals surface area (Å²) < 4.78 is 4.01. The second-order valence-corrected chi connectivity index (χ2v) is 9.28. The molecule has 4 nitrogen and oxygen atoms in total. The molecule has 0 N–H and O–H groups in total. The predicted octanol–water partition coefficient (Wildman–Crippen LogP) is 8.13. The number of hydrogen-bond acceptors (Lipinski definition) is 2. The topological polar surface area (TPSA) is 39.8 Å². The molecular formula is C33H23N3O. The summed E-state index contributed by atoms with van der Waals surface area (Å²) >= 11 is 0. The summed E-state index contributed by atoms with van der Waals surface area (Å²) in [4.78, 5) is 17.4. The molecule has 37 heavy (non-hydrogen) atoms. The van der Waals surface area contributed by atoms with Crippen LogP contribution in [0.4, 0.5) is 0 Å². The molecule has 0 bridgehead atoms. The number of imidazole rings is 1. The molecule has 2 aromatic heterocycles. The van der Waals surface area contributed by atoms with E-state index in [-0.39, 0.29) is 5.91 Å². The predicted molar refractivity (Wildman–Crippen MR) is 151 cm³/mol. The van der Waals surface area contributed by atoms with E-state index in [1.54, 1.807) is 11.5 Å². The minimum Gasteiger partial charge on any atom is -0.292 e. The Morgan fingerprint density at radius 1 is 0.595 bits per heavy atom. The Balaban J connectivity index is 1.35. The van der Waals surface area contributed by atoms with E-state index in [1.807, 2.05) is 30.3 Å². The molecule has 0 aliphatic carbocycles. The third kappa shape index (κ3) is 3.38. The standard InChI is InChI=1S/C33H23N3O/c1-22(37)35-30-13-7-5-11-27(30)28-21-25(19-20-31(28)35)23-15-17-24(18-16-23)33-34-29-12-6-8-14-32(29)36(33)26-9-3-2-4-10-26/h2-21H,1H3. The van der Waals surface area contributed by atoms with Crippen molar-refractivity contribution in [3.8, 4) is 28.2 Å². The third-order valence-electron chi connectivity index (χ3n) is 7.04. The minimum atomic E-state index is 0.0182. The Bertz CT molecular complexity index is 1940. The summed E-state index contributed by atoms with van der Waals surface area (Å²) in [6.45, 7) is 1.61. The van der Waals surface area contributed by atoms with Crippen LogP contribution in [0, 0.1) is 0 Å². The maximum atomic E-state index is 12.4. The minimum absolute atomic E-state index is 0.0182. The van der Waals surface area contributed by atoms with Crippen LogP contribution in [0.15, 0.2) is 121 Å². The second kappa shape index (κ2) is 8.32. The molecule has 0 radical (unpaired) electrons. The lowest BCUT2D eigenvalue weighted by Gasteiger charge is -2.10. The van der Waals surface area contributed by atoms with Crippen LogP contribution in [-0.4, -0.2) is 20.0 Å². The molecule has 0 aliphatic heterocycles. The fourth-order valence-corrected chi connectivity index (χ4v) is 5.36. The summed E-state index contributed by atoms with van der Waals surface area (Å²) in [6.07, 6.45) is 0. The van der Waals surface area contributed by atoms with E-state index in [2.05, 4.69) is 95.6 Å². The van der Waals surface area contributed by atoms with Crippen LogP contribution in [0.2, 0.25) is 0 Å². The van der Waals surface area contributed by atoms with Gasteiger partial charge in [-0.15, -0.1) is 0 Å². The van der Waals surface area contributed by atoms with E-state index in [0.717, 1.165) is 61.0 Å².